The number of nitrogens with zero attached hydrogens (tertiary/aromatic N) is 1. The molecule has 3 unspecified atom stereocenters. The third kappa shape index (κ3) is 75.7. The average molecular weight is 1300 g/mol. The molecule has 0 spiro atoms. The summed E-state index contributed by atoms with van der Waals surface area (Å²) in [7, 11) is 1.57. The lowest BCUT2D eigenvalue weighted by Gasteiger charge is -2.25. The quantitative estimate of drug-likeness (QED) is 0.0243. The zero-order chi connectivity index (χ0) is 66.2. The van der Waals surface area contributed by atoms with Crippen molar-refractivity contribution in [3.05, 3.63) is 48.6 Å². The fourth-order valence-corrected chi connectivity index (χ4v) is 13.2. The number of nitrogens with one attached hydrogen (secondary N) is 1. The molecule has 1 amide bonds. The topological polar surface area (TPSA) is 105 Å². The van der Waals surface area contributed by atoms with E-state index in [1.807, 2.05) is 27.2 Å². The third-order valence-corrected chi connectivity index (χ3v) is 19.8. The van der Waals surface area contributed by atoms with E-state index in [9.17, 15) is 19.4 Å². The highest BCUT2D eigenvalue weighted by Crippen LogP contribution is 2.43. The van der Waals surface area contributed by atoms with Crippen LogP contribution in [-0.2, 0) is 18.4 Å². The normalized spacial score (nSPS) is 13.7. The van der Waals surface area contributed by atoms with E-state index in [1.165, 1.54) is 353 Å². The van der Waals surface area contributed by atoms with E-state index < -0.39 is 20.0 Å². The molecule has 0 fully saturated rings. The predicted octanol–water partition coefficient (Wildman–Crippen LogP) is 26.5. The number of phosphoric acid groups is 1. The smallest absolute Gasteiger partial charge is 0.387 e. The summed E-state index contributed by atoms with van der Waals surface area (Å²) in [5.74, 6) is -0.178. The fourth-order valence-electron chi connectivity index (χ4n) is 12.5. The summed E-state index contributed by atoms with van der Waals surface area (Å²) < 4.78 is 23.9. The molecule has 3 atom stereocenters. The minimum atomic E-state index is -4.37. The Morgan fingerprint density at radius 3 is 0.945 bits per heavy atom. The maximum Gasteiger partial charge on any atom is 0.472 e. The summed E-state index contributed by atoms with van der Waals surface area (Å²) in [4.78, 5) is 23.5. The van der Waals surface area contributed by atoms with Crippen LogP contribution in [0, 0.1) is 0 Å². The number of allylic oxidation sites excluding steroid dienone is 7. The highest BCUT2D eigenvalue weighted by molar-refractivity contribution is 7.47. The van der Waals surface area contributed by atoms with E-state index >= 15 is 0 Å². The first kappa shape index (κ1) is 89.5. The number of amides is 1. The number of aliphatic hydroxyl groups excluding tert-OH is 1. The van der Waals surface area contributed by atoms with E-state index in [0.29, 0.717) is 17.4 Å². The highest BCUT2D eigenvalue weighted by Gasteiger charge is 2.28. The Hall–Kier alpha value is -1.54. The Labute approximate surface area is 569 Å². The molecule has 0 aromatic rings. The van der Waals surface area contributed by atoms with Crippen molar-refractivity contribution in [3.8, 4) is 0 Å². The first-order chi connectivity index (χ1) is 44.5. The summed E-state index contributed by atoms with van der Waals surface area (Å²) in [5.41, 5.74) is 0. The van der Waals surface area contributed by atoms with E-state index in [0.717, 1.165) is 44.9 Å². The first-order valence-electron chi connectivity index (χ1n) is 40.5. The van der Waals surface area contributed by atoms with Gasteiger partial charge in [-0.15, -0.1) is 0 Å². The highest BCUT2D eigenvalue weighted by atomic mass is 31.2. The van der Waals surface area contributed by atoms with Crippen molar-refractivity contribution in [1.29, 1.82) is 0 Å². The number of carbonyl (C=O) groups is 1. The summed E-state index contributed by atoms with van der Waals surface area (Å²) in [6, 6.07) is -0.865. The van der Waals surface area contributed by atoms with E-state index in [1.54, 1.807) is 6.08 Å². The number of unbranched alkanes of at least 4 members (excludes halogenated alkanes) is 57. The van der Waals surface area contributed by atoms with Gasteiger partial charge >= 0.3 is 7.82 Å². The lowest BCUT2D eigenvalue weighted by Crippen LogP contribution is -2.45. The Morgan fingerprint density at radius 1 is 0.374 bits per heavy atom. The zero-order valence-corrected chi connectivity index (χ0v) is 62.8. The Balaban J connectivity index is 3.95. The predicted molar refractivity (Wildman–Crippen MR) is 401 cm³/mol. The molecular formula is C82H160N2O6P+. The van der Waals surface area contributed by atoms with Crippen molar-refractivity contribution in [1.82, 2.24) is 5.32 Å². The second kappa shape index (κ2) is 72.7. The molecule has 0 aromatic carbocycles. The van der Waals surface area contributed by atoms with Crippen LogP contribution < -0.4 is 5.32 Å². The van der Waals surface area contributed by atoms with Crippen molar-refractivity contribution < 1.29 is 32.9 Å². The van der Waals surface area contributed by atoms with Gasteiger partial charge in [-0.05, 0) is 64.2 Å². The molecule has 0 saturated heterocycles. The largest absolute Gasteiger partial charge is 0.472 e. The van der Waals surface area contributed by atoms with E-state index in [2.05, 4.69) is 55.6 Å². The molecule has 8 nitrogen and oxygen atoms in total. The van der Waals surface area contributed by atoms with Gasteiger partial charge in [0.05, 0.1) is 39.9 Å². The average Bonchev–Trinajstić information content (AvgIpc) is 3.58. The van der Waals surface area contributed by atoms with Crippen molar-refractivity contribution in [2.24, 2.45) is 0 Å². The molecule has 0 rings (SSSR count). The van der Waals surface area contributed by atoms with Gasteiger partial charge in [-0.1, -0.05) is 396 Å². The van der Waals surface area contributed by atoms with Crippen LogP contribution in [0.15, 0.2) is 48.6 Å². The summed E-state index contributed by atoms with van der Waals surface area (Å²) in [6.45, 7) is 4.85. The van der Waals surface area contributed by atoms with Crippen LogP contribution in [-0.4, -0.2) is 73.4 Å². The molecule has 9 heteroatoms. The van der Waals surface area contributed by atoms with Crippen LogP contribution in [0.1, 0.15) is 418 Å². The first-order valence-corrected chi connectivity index (χ1v) is 42.0. The number of phosphoric ester groups is 1. The maximum atomic E-state index is 13.1. The molecule has 0 aliphatic heterocycles. The van der Waals surface area contributed by atoms with Crippen LogP contribution in [0.25, 0.3) is 0 Å². The van der Waals surface area contributed by atoms with Crippen LogP contribution in [0.3, 0.4) is 0 Å². The van der Waals surface area contributed by atoms with Crippen molar-refractivity contribution in [2.75, 3.05) is 40.9 Å². The molecule has 0 saturated carbocycles. The Bertz CT molecular complexity index is 1630. The molecule has 538 valence electrons. The van der Waals surface area contributed by atoms with Gasteiger partial charge < -0.3 is 19.8 Å². The molecule has 3 N–H and O–H groups in total. The van der Waals surface area contributed by atoms with Gasteiger partial charge in [0.2, 0.25) is 5.91 Å². The van der Waals surface area contributed by atoms with Crippen LogP contribution in [0.2, 0.25) is 0 Å². The van der Waals surface area contributed by atoms with Gasteiger partial charge in [0.25, 0.3) is 0 Å². The van der Waals surface area contributed by atoms with Crippen molar-refractivity contribution >= 4 is 13.7 Å². The molecule has 0 aliphatic carbocycles. The van der Waals surface area contributed by atoms with Gasteiger partial charge in [-0.3, -0.25) is 13.8 Å². The lowest BCUT2D eigenvalue weighted by molar-refractivity contribution is -0.870. The number of carbonyl (C=O) groups excluding carboxylic acids is 1. The second-order valence-corrected chi connectivity index (χ2v) is 30.6. The molecule has 0 radical (unpaired) electrons. The minimum absolute atomic E-state index is 0.0580. The molecule has 0 aromatic heterocycles. The lowest BCUT2D eigenvalue weighted by atomic mass is 10.0. The van der Waals surface area contributed by atoms with Gasteiger partial charge in [-0.2, -0.15) is 0 Å². The van der Waals surface area contributed by atoms with Crippen LogP contribution in [0.4, 0.5) is 0 Å². The minimum Gasteiger partial charge on any atom is -0.387 e. The summed E-state index contributed by atoms with van der Waals surface area (Å²) >= 11 is 0. The van der Waals surface area contributed by atoms with E-state index in [4.69, 9.17) is 9.05 Å². The van der Waals surface area contributed by atoms with Gasteiger partial charge in [-0.25, -0.2) is 4.57 Å². The third-order valence-electron chi connectivity index (χ3n) is 18.8. The van der Waals surface area contributed by atoms with Crippen molar-refractivity contribution in [3.63, 3.8) is 0 Å². The SMILES string of the molecule is CCCCCCC/C=C\C/C=C\CCCCCCCCCCCCCCCCCCCCCCCCCCCCCC(=O)NC(COP(=O)(O)OCC[N+](C)(C)C)C(O)/C=C/CC/C=C/CCCCCCCCCCCCCCCCCCCCCCCCCC. The van der Waals surface area contributed by atoms with Crippen molar-refractivity contribution in [2.45, 2.75) is 431 Å². The monoisotopic (exact) mass is 1300 g/mol. The number of hydrogen-bond acceptors (Lipinski definition) is 5. The summed E-state index contributed by atoms with van der Waals surface area (Å²) in [6.07, 6.45) is 100. The van der Waals surface area contributed by atoms with Gasteiger partial charge in [0.1, 0.15) is 13.2 Å². The van der Waals surface area contributed by atoms with Crippen LogP contribution in [0.5, 0.6) is 0 Å². The number of aliphatic hydroxyl groups is 1. The fraction of sp³-hybridized carbons (Fsp3) is 0.890. The standard InChI is InChI=1S/C82H159N2O6P/c1-6-8-10-12-14-16-18-20-22-24-26-28-30-32-34-36-38-39-40-41-42-43-44-45-46-48-50-52-54-56-58-60-62-64-66-68-70-72-74-76-82(86)83-80(79-90-91(87,88)89-78-77-84(3,4)5)81(85)75-73-71-69-67-65-63-61-59-57-55-53-51-49-47-37-35-33-31-29-27-25-23-21-19-17-15-13-11-9-7-2/h18,20,24,26,65,67,73,75,80-81,85H,6-17,19,21-23,25,27-64,66,68-72,74,76-79H2,1-5H3,(H-,83,86,87,88)/p+1/b20-18-,26-24-,67-65+,75-73+. The van der Waals surface area contributed by atoms with Crippen LogP contribution >= 0.6 is 7.82 Å². The molecule has 0 bridgehead atoms. The van der Waals surface area contributed by atoms with Gasteiger partial charge in [0, 0.05) is 6.42 Å². The maximum absolute atomic E-state index is 13.1. The number of rotatable bonds is 76. The van der Waals surface area contributed by atoms with Gasteiger partial charge in [0.15, 0.2) is 0 Å². The number of quaternary nitrogens is 1. The van der Waals surface area contributed by atoms with E-state index in [-0.39, 0.29) is 19.1 Å². The number of hydrogen-bond donors (Lipinski definition) is 3. The number of likely N-dealkylation sites (N-methyl/N-ethyl adjacent to an activating group) is 1. The zero-order valence-electron chi connectivity index (χ0n) is 61.9. The summed E-state index contributed by atoms with van der Waals surface area (Å²) in [5, 5.41) is 14.0. The molecular weight excluding hydrogens is 1140 g/mol. The molecule has 0 heterocycles. The molecule has 0 aliphatic rings. The Morgan fingerprint density at radius 2 is 0.637 bits per heavy atom. The second-order valence-electron chi connectivity index (χ2n) is 29.1. The molecule has 91 heavy (non-hydrogen) atoms. The Kier molecular flexibility index (Phi) is 71.5.